The number of hydrogen-bond acceptors (Lipinski definition) is 5. The Morgan fingerprint density at radius 1 is 0.385 bits per heavy atom. The van der Waals surface area contributed by atoms with Crippen molar-refractivity contribution in [3.05, 3.63) is 72.9 Å². The van der Waals surface area contributed by atoms with Crippen LogP contribution in [0, 0.1) is 0 Å². The maximum atomic E-state index is 13.1. The largest absolute Gasteiger partial charge is 0.472 e. The normalized spacial score (nSPS) is 13.9. The molecule has 0 rings (SSSR count). The number of rotatable bonds is 74. The molecular weight excluding hydrogens is 1140 g/mol. The predicted octanol–water partition coefficient (Wildman–Crippen LogP) is 26.1. The van der Waals surface area contributed by atoms with E-state index in [9.17, 15) is 19.4 Å². The van der Waals surface area contributed by atoms with Gasteiger partial charge in [0.25, 0.3) is 0 Å². The molecule has 9 heteroatoms. The molecule has 1 amide bonds. The Balaban J connectivity index is 3.95. The third kappa shape index (κ3) is 75.2. The number of carbonyl (C=O) groups excluding carboxylic acids is 1. The Kier molecular flexibility index (Phi) is 70.6. The van der Waals surface area contributed by atoms with Crippen LogP contribution in [0.25, 0.3) is 0 Å². The molecule has 91 heavy (non-hydrogen) atoms. The molecule has 0 aliphatic carbocycles. The summed E-state index contributed by atoms with van der Waals surface area (Å²) in [6.45, 7) is 4.83. The van der Waals surface area contributed by atoms with E-state index in [0.29, 0.717) is 23.9 Å². The summed E-state index contributed by atoms with van der Waals surface area (Å²) in [7, 11) is 1.63. The summed E-state index contributed by atoms with van der Waals surface area (Å²) in [6.07, 6.45) is 102. The Morgan fingerprint density at radius 3 is 0.967 bits per heavy atom. The van der Waals surface area contributed by atoms with E-state index in [-0.39, 0.29) is 19.1 Å². The van der Waals surface area contributed by atoms with E-state index in [4.69, 9.17) is 9.05 Å². The van der Waals surface area contributed by atoms with Gasteiger partial charge < -0.3 is 19.8 Å². The Bertz CT molecular complexity index is 1720. The van der Waals surface area contributed by atoms with Crippen molar-refractivity contribution in [3.63, 3.8) is 0 Å². The van der Waals surface area contributed by atoms with Crippen LogP contribution in [0.1, 0.15) is 393 Å². The quantitative estimate of drug-likeness (QED) is 0.0243. The number of unbranched alkanes of at least 4 members (excludes halogenated alkanes) is 49. The first-order valence-corrected chi connectivity index (χ1v) is 41.3. The van der Waals surface area contributed by atoms with Gasteiger partial charge in [-0.15, -0.1) is 0 Å². The molecule has 3 atom stereocenters. The first-order chi connectivity index (χ1) is 44.5. The standard InChI is InChI=1S/C82H155N2O6P/c1-6-8-10-12-14-16-18-20-22-24-26-28-30-32-34-36-38-40-41-42-43-44-46-48-50-52-54-56-58-60-62-64-66-68-70-72-74-76-82(86)83-80(79-90-91(87,88)89-78-77-84(3,4)5)81(85)75-73-71-69-67-65-63-61-59-57-55-53-51-49-47-45-39-37-35-33-31-29-27-25-23-21-19-17-15-13-11-9-7-2/h8,10,14,16,20,22,26,28,32,34,38,40,80-81,85H,6-7,9,11-13,15,17-19,21,23-25,27,29-31,33,35-37,39,41-79H2,1-5H3,(H-,83,86,87,88)/p+1/b10-8-,16-14-,22-20-,28-26-,34-32-,40-38-. The van der Waals surface area contributed by atoms with Gasteiger partial charge in [0.15, 0.2) is 0 Å². The summed E-state index contributed by atoms with van der Waals surface area (Å²) < 4.78 is 24.0. The second kappa shape index (κ2) is 72.2. The Morgan fingerprint density at radius 2 is 0.659 bits per heavy atom. The molecule has 0 fully saturated rings. The minimum absolute atomic E-state index is 0.0750. The second-order valence-corrected chi connectivity index (χ2v) is 29.9. The molecule has 0 radical (unpaired) electrons. The summed E-state index contributed by atoms with van der Waals surface area (Å²) in [5.74, 6) is -0.138. The molecule has 0 aliphatic heterocycles. The molecule has 0 bridgehead atoms. The van der Waals surface area contributed by atoms with Crippen LogP contribution in [-0.4, -0.2) is 73.4 Å². The fraction of sp³-hybridized carbons (Fsp3) is 0.841. The second-order valence-electron chi connectivity index (χ2n) is 28.4. The van der Waals surface area contributed by atoms with Crippen molar-refractivity contribution in [2.45, 2.75) is 405 Å². The first-order valence-electron chi connectivity index (χ1n) is 39.8. The third-order valence-corrected chi connectivity index (χ3v) is 19.2. The van der Waals surface area contributed by atoms with Crippen molar-refractivity contribution in [2.24, 2.45) is 0 Å². The number of phosphoric ester groups is 1. The number of nitrogens with zero attached hydrogens (tertiary/aromatic N) is 1. The van der Waals surface area contributed by atoms with Gasteiger partial charge in [-0.25, -0.2) is 4.57 Å². The molecule has 0 spiro atoms. The summed E-state index contributed by atoms with van der Waals surface area (Å²) in [4.78, 5) is 23.5. The minimum atomic E-state index is -4.34. The number of phosphoric acid groups is 1. The van der Waals surface area contributed by atoms with E-state index < -0.39 is 20.0 Å². The van der Waals surface area contributed by atoms with Crippen molar-refractivity contribution < 1.29 is 32.9 Å². The van der Waals surface area contributed by atoms with Gasteiger partial charge in [0.05, 0.1) is 39.9 Å². The minimum Gasteiger partial charge on any atom is -0.391 e. The molecule has 0 aromatic heterocycles. The fourth-order valence-electron chi connectivity index (χ4n) is 12.1. The lowest BCUT2D eigenvalue weighted by molar-refractivity contribution is -0.870. The molecule has 0 heterocycles. The summed E-state index contributed by atoms with van der Waals surface area (Å²) in [6, 6.07) is -0.764. The number of amides is 1. The van der Waals surface area contributed by atoms with Crippen LogP contribution in [-0.2, 0) is 18.4 Å². The summed E-state index contributed by atoms with van der Waals surface area (Å²) in [5.41, 5.74) is 0. The highest BCUT2D eigenvalue weighted by Gasteiger charge is 2.28. The maximum Gasteiger partial charge on any atom is 0.472 e. The Hall–Kier alpha value is -2.06. The van der Waals surface area contributed by atoms with Crippen molar-refractivity contribution in [3.8, 4) is 0 Å². The third-order valence-electron chi connectivity index (χ3n) is 18.2. The molecule has 534 valence electrons. The lowest BCUT2D eigenvalue weighted by Gasteiger charge is -2.26. The van der Waals surface area contributed by atoms with E-state index in [2.05, 4.69) is 92.1 Å². The van der Waals surface area contributed by atoms with Crippen LogP contribution in [0.15, 0.2) is 72.9 Å². The molecule has 0 aromatic rings. The number of quaternary nitrogens is 1. The van der Waals surface area contributed by atoms with Gasteiger partial charge in [-0.1, -0.05) is 395 Å². The fourth-order valence-corrected chi connectivity index (χ4v) is 12.9. The van der Waals surface area contributed by atoms with Gasteiger partial charge >= 0.3 is 7.82 Å². The smallest absolute Gasteiger partial charge is 0.391 e. The summed E-state index contributed by atoms with van der Waals surface area (Å²) in [5, 5.41) is 14.2. The van der Waals surface area contributed by atoms with Crippen LogP contribution in [0.3, 0.4) is 0 Å². The zero-order chi connectivity index (χ0) is 66.2. The topological polar surface area (TPSA) is 105 Å². The van der Waals surface area contributed by atoms with Gasteiger partial charge in [0, 0.05) is 6.42 Å². The SMILES string of the molecule is CC/C=C\C/C=C\C/C=C\C/C=C\C/C=C\C/C=C\CCCCCCCCCCCCCCCCCCCCC(=O)NC(COP(=O)(O)OCC[N+](C)(C)C)C(O)CCCCCCCCCCCCCCCCCCCCCCCCCCCCCCCCCC. The van der Waals surface area contributed by atoms with Gasteiger partial charge in [-0.2, -0.15) is 0 Å². The highest BCUT2D eigenvalue weighted by atomic mass is 31.2. The molecule has 0 aliphatic rings. The molecule has 0 aromatic carbocycles. The highest BCUT2D eigenvalue weighted by molar-refractivity contribution is 7.47. The molecule has 8 nitrogen and oxygen atoms in total. The van der Waals surface area contributed by atoms with E-state index in [1.165, 1.54) is 289 Å². The lowest BCUT2D eigenvalue weighted by atomic mass is 10.0. The first kappa shape index (κ1) is 88.9. The van der Waals surface area contributed by atoms with Gasteiger partial charge in [-0.05, 0) is 64.2 Å². The van der Waals surface area contributed by atoms with E-state index in [0.717, 1.165) is 77.0 Å². The molecular formula is C82H156N2O6P+. The number of likely N-dealkylation sites (N-methyl/N-ethyl adjacent to an activating group) is 1. The van der Waals surface area contributed by atoms with Crippen LogP contribution in [0.2, 0.25) is 0 Å². The van der Waals surface area contributed by atoms with Crippen molar-refractivity contribution in [1.82, 2.24) is 5.32 Å². The lowest BCUT2D eigenvalue weighted by Crippen LogP contribution is -2.46. The summed E-state index contributed by atoms with van der Waals surface area (Å²) >= 11 is 0. The van der Waals surface area contributed by atoms with Gasteiger partial charge in [0.1, 0.15) is 13.2 Å². The van der Waals surface area contributed by atoms with Crippen LogP contribution in [0.5, 0.6) is 0 Å². The predicted molar refractivity (Wildman–Crippen MR) is 401 cm³/mol. The number of allylic oxidation sites excluding steroid dienone is 12. The van der Waals surface area contributed by atoms with E-state index in [1.807, 2.05) is 21.1 Å². The number of hydrogen-bond donors (Lipinski definition) is 3. The average Bonchev–Trinajstić information content (AvgIpc) is 3.42. The number of nitrogens with one attached hydrogen (secondary N) is 1. The number of aliphatic hydroxyl groups excluding tert-OH is 1. The number of aliphatic hydroxyl groups is 1. The molecule has 0 saturated carbocycles. The van der Waals surface area contributed by atoms with Gasteiger partial charge in [0.2, 0.25) is 5.91 Å². The van der Waals surface area contributed by atoms with Crippen LogP contribution >= 0.6 is 7.82 Å². The molecule has 3 N–H and O–H groups in total. The van der Waals surface area contributed by atoms with Crippen molar-refractivity contribution >= 4 is 13.7 Å². The average molecular weight is 1300 g/mol. The Labute approximate surface area is 567 Å². The highest BCUT2D eigenvalue weighted by Crippen LogP contribution is 2.43. The van der Waals surface area contributed by atoms with Crippen LogP contribution < -0.4 is 5.32 Å². The van der Waals surface area contributed by atoms with Gasteiger partial charge in [-0.3, -0.25) is 13.8 Å². The zero-order valence-corrected chi connectivity index (χ0v) is 62.2. The molecule has 0 saturated heterocycles. The van der Waals surface area contributed by atoms with Crippen molar-refractivity contribution in [2.75, 3.05) is 40.9 Å². The maximum absolute atomic E-state index is 13.1. The zero-order valence-electron chi connectivity index (χ0n) is 61.3. The van der Waals surface area contributed by atoms with Crippen LogP contribution in [0.4, 0.5) is 0 Å². The number of carbonyl (C=O) groups is 1. The van der Waals surface area contributed by atoms with E-state index >= 15 is 0 Å². The van der Waals surface area contributed by atoms with E-state index in [1.54, 1.807) is 0 Å². The van der Waals surface area contributed by atoms with Crippen molar-refractivity contribution in [1.29, 1.82) is 0 Å². The molecule has 3 unspecified atom stereocenters. The monoisotopic (exact) mass is 1300 g/mol.